The fraction of sp³-hybridized carbons (Fsp3) is 0.562. The highest BCUT2D eigenvalue weighted by Gasteiger charge is 2.10. The second-order valence-corrected chi connectivity index (χ2v) is 5.24. The van der Waals surface area contributed by atoms with Gasteiger partial charge in [-0.15, -0.1) is 0 Å². The van der Waals surface area contributed by atoms with E-state index in [0.717, 1.165) is 36.1 Å². The minimum absolute atomic E-state index is 0.0561. The SMILES string of the molecule is CCCCNC(=O)COc1c(C)cccc1CC(C)N. The molecule has 4 heteroatoms. The van der Waals surface area contributed by atoms with Gasteiger partial charge in [0.15, 0.2) is 6.61 Å². The van der Waals surface area contributed by atoms with E-state index in [1.165, 1.54) is 0 Å². The van der Waals surface area contributed by atoms with Gasteiger partial charge in [-0.2, -0.15) is 0 Å². The van der Waals surface area contributed by atoms with Gasteiger partial charge < -0.3 is 15.8 Å². The van der Waals surface area contributed by atoms with Gasteiger partial charge in [-0.05, 0) is 37.8 Å². The number of amides is 1. The van der Waals surface area contributed by atoms with Gasteiger partial charge >= 0.3 is 0 Å². The van der Waals surface area contributed by atoms with Gasteiger partial charge in [-0.25, -0.2) is 0 Å². The fourth-order valence-electron chi connectivity index (χ4n) is 2.02. The molecule has 0 radical (unpaired) electrons. The number of benzene rings is 1. The molecule has 0 bridgehead atoms. The second kappa shape index (κ2) is 8.59. The molecule has 1 amide bonds. The summed E-state index contributed by atoms with van der Waals surface area (Å²) in [5.41, 5.74) is 7.93. The van der Waals surface area contributed by atoms with E-state index in [9.17, 15) is 4.79 Å². The number of carbonyl (C=O) groups excluding carboxylic acids is 1. The highest BCUT2D eigenvalue weighted by Crippen LogP contribution is 2.24. The van der Waals surface area contributed by atoms with Crippen LogP contribution in [0.2, 0.25) is 0 Å². The first-order chi connectivity index (χ1) is 9.54. The van der Waals surface area contributed by atoms with Gasteiger partial charge in [0.05, 0.1) is 0 Å². The molecule has 0 saturated carbocycles. The number of hydrogen-bond donors (Lipinski definition) is 2. The molecule has 1 aromatic carbocycles. The largest absolute Gasteiger partial charge is 0.483 e. The molecule has 0 saturated heterocycles. The zero-order valence-electron chi connectivity index (χ0n) is 12.7. The van der Waals surface area contributed by atoms with Crippen LogP contribution in [0.4, 0.5) is 0 Å². The summed E-state index contributed by atoms with van der Waals surface area (Å²) >= 11 is 0. The van der Waals surface area contributed by atoms with E-state index in [4.69, 9.17) is 10.5 Å². The zero-order valence-corrected chi connectivity index (χ0v) is 12.7. The monoisotopic (exact) mass is 278 g/mol. The molecule has 20 heavy (non-hydrogen) atoms. The van der Waals surface area contributed by atoms with E-state index in [-0.39, 0.29) is 18.6 Å². The predicted molar refractivity (Wildman–Crippen MR) is 81.9 cm³/mol. The van der Waals surface area contributed by atoms with Crippen molar-refractivity contribution in [2.45, 2.75) is 46.1 Å². The lowest BCUT2D eigenvalue weighted by molar-refractivity contribution is -0.123. The van der Waals surface area contributed by atoms with Crippen LogP contribution in [-0.2, 0) is 11.2 Å². The van der Waals surface area contributed by atoms with Crippen LogP contribution in [-0.4, -0.2) is 25.1 Å². The number of nitrogens with two attached hydrogens (primary N) is 1. The van der Waals surface area contributed by atoms with Gasteiger partial charge in [-0.1, -0.05) is 31.5 Å². The molecule has 112 valence electrons. The lowest BCUT2D eigenvalue weighted by atomic mass is 10.0. The number of rotatable bonds is 8. The number of para-hydroxylation sites is 1. The van der Waals surface area contributed by atoms with E-state index in [1.807, 2.05) is 32.0 Å². The van der Waals surface area contributed by atoms with Gasteiger partial charge in [0.2, 0.25) is 0 Å². The van der Waals surface area contributed by atoms with E-state index >= 15 is 0 Å². The number of unbranched alkanes of at least 4 members (excludes halogenated alkanes) is 1. The summed E-state index contributed by atoms with van der Waals surface area (Å²) in [4.78, 5) is 11.7. The Bertz CT molecular complexity index is 430. The number of ether oxygens (including phenoxy) is 1. The molecule has 1 aromatic rings. The van der Waals surface area contributed by atoms with E-state index in [2.05, 4.69) is 12.2 Å². The van der Waals surface area contributed by atoms with Crippen LogP contribution in [0, 0.1) is 6.92 Å². The van der Waals surface area contributed by atoms with Crippen molar-refractivity contribution in [3.63, 3.8) is 0 Å². The normalized spacial score (nSPS) is 12.0. The molecule has 0 aliphatic carbocycles. The standard InChI is InChI=1S/C16H26N2O2/c1-4-5-9-18-15(19)11-20-16-12(2)7-6-8-14(16)10-13(3)17/h6-8,13H,4-5,9-11,17H2,1-3H3,(H,18,19). The molecular formula is C16H26N2O2. The zero-order chi connectivity index (χ0) is 15.0. The van der Waals surface area contributed by atoms with Crippen molar-refractivity contribution in [3.8, 4) is 5.75 Å². The van der Waals surface area contributed by atoms with Gasteiger partial charge in [0, 0.05) is 12.6 Å². The molecule has 0 heterocycles. The minimum atomic E-state index is -0.0755. The number of nitrogens with one attached hydrogen (secondary N) is 1. The topological polar surface area (TPSA) is 64.3 Å². The molecule has 0 aromatic heterocycles. The summed E-state index contributed by atoms with van der Waals surface area (Å²) < 4.78 is 5.69. The average molecular weight is 278 g/mol. The third-order valence-corrected chi connectivity index (χ3v) is 3.04. The Morgan fingerprint density at radius 1 is 1.45 bits per heavy atom. The summed E-state index contributed by atoms with van der Waals surface area (Å²) in [6.45, 7) is 6.80. The Labute approximate surface area is 121 Å². The van der Waals surface area contributed by atoms with Crippen molar-refractivity contribution in [1.82, 2.24) is 5.32 Å². The van der Waals surface area contributed by atoms with Crippen molar-refractivity contribution in [1.29, 1.82) is 0 Å². The maximum Gasteiger partial charge on any atom is 0.257 e. The lowest BCUT2D eigenvalue weighted by Crippen LogP contribution is -2.30. The Kier molecular flexibility index (Phi) is 7.09. The van der Waals surface area contributed by atoms with Crippen molar-refractivity contribution >= 4 is 5.91 Å². The molecular weight excluding hydrogens is 252 g/mol. The number of aryl methyl sites for hydroxylation is 1. The molecule has 0 aliphatic heterocycles. The van der Waals surface area contributed by atoms with Crippen LogP contribution < -0.4 is 15.8 Å². The molecule has 1 rings (SSSR count). The minimum Gasteiger partial charge on any atom is -0.483 e. The van der Waals surface area contributed by atoms with Gasteiger partial charge in [0.1, 0.15) is 5.75 Å². The summed E-state index contributed by atoms with van der Waals surface area (Å²) in [6.07, 6.45) is 2.80. The van der Waals surface area contributed by atoms with E-state index < -0.39 is 0 Å². The van der Waals surface area contributed by atoms with Gasteiger partial charge in [0.25, 0.3) is 5.91 Å². The highest BCUT2D eigenvalue weighted by atomic mass is 16.5. The van der Waals surface area contributed by atoms with Crippen LogP contribution in [0.3, 0.4) is 0 Å². The Morgan fingerprint density at radius 3 is 2.85 bits per heavy atom. The molecule has 4 nitrogen and oxygen atoms in total. The number of hydrogen-bond acceptors (Lipinski definition) is 3. The predicted octanol–water partition coefficient (Wildman–Crippen LogP) is 2.18. The van der Waals surface area contributed by atoms with E-state index in [1.54, 1.807) is 0 Å². The van der Waals surface area contributed by atoms with Crippen LogP contribution in [0.25, 0.3) is 0 Å². The van der Waals surface area contributed by atoms with E-state index in [0.29, 0.717) is 6.54 Å². The quantitative estimate of drug-likeness (QED) is 0.716. The molecule has 1 atom stereocenters. The van der Waals surface area contributed by atoms with Crippen LogP contribution in [0.15, 0.2) is 18.2 Å². The summed E-state index contributed by atoms with van der Waals surface area (Å²) in [5, 5.41) is 2.84. The van der Waals surface area contributed by atoms with Gasteiger partial charge in [-0.3, -0.25) is 4.79 Å². The van der Waals surface area contributed by atoms with Crippen LogP contribution >= 0.6 is 0 Å². The molecule has 0 aliphatic rings. The Balaban J connectivity index is 2.60. The summed E-state index contributed by atoms with van der Waals surface area (Å²) in [5.74, 6) is 0.712. The lowest BCUT2D eigenvalue weighted by Gasteiger charge is -2.15. The average Bonchev–Trinajstić information content (AvgIpc) is 2.37. The number of carbonyl (C=O) groups is 1. The second-order valence-electron chi connectivity index (χ2n) is 5.24. The van der Waals surface area contributed by atoms with Crippen molar-refractivity contribution in [2.75, 3.05) is 13.2 Å². The summed E-state index contributed by atoms with van der Waals surface area (Å²) in [7, 11) is 0. The first-order valence-electron chi connectivity index (χ1n) is 7.28. The third-order valence-electron chi connectivity index (χ3n) is 3.04. The Morgan fingerprint density at radius 2 is 2.20 bits per heavy atom. The fourth-order valence-corrected chi connectivity index (χ4v) is 2.02. The molecule has 0 spiro atoms. The highest BCUT2D eigenvalue weighted by molar-refractivity contribution is 5.77. The smallest absolute Gasteiger partial charge is 0.257 e. The summed E-state index contributed by atoms with van der Waals surface area (Å²) in [6, 6.07) is 6.04. The first kappa shape index (κ1) is 16.5. The molecule has 0 fully saturated rings. The first-order valence-corrected chi connectivity index (χ1v) is 7.28. The van der Waals surface area contributed by atoms with Crippen LogP contribution in [0.5, 0.6) is 5.75 Å². The third kappa shape index (κ3) is 5.61. The maximum absolute atomic E-state index is 11.7. The molecule has 3 N–H and O–H groups in total. The Hall–Kier alpha value is -1.55. The van der Waals surface area contributed by atoms with Crippen molar-refractivity contribution < 1.29 is 9.53 Å². The van der Waals surface area contributed by atoms with Crippen LogP contribution in [0.1, 0.15) is 37.8 Å². The van der Waals surface area contributed by atoms with Crippen molar-refractivity contribution in [2.24, 2.45) is 5.73 Å². The van der Waals surface area contributed by atoms with Crippen molar-refractivity contribution in [3.05, 3.63) is 29.3 Å². The molecule has 1 unspecified atom stereocenters. The maximum atomic E-state index is 11.7.